The van der Waals surface area contributed by atoms with Gasteiger partial charge in [0.15, 0.2) is 0 Å². The molecule has 9 heteroatoms. The molecular weight excluding hydrogens is 549 g/mol. The molecule has 1 N–H and O–H groups in total. The number of halogens is 3. The normalized spacial score (nSPS) is 13.9. The minimum Gasteiger partial charge on any atom is -0.366 e. The van der Waals surface area contributed by atoms with Crippen LogP contribution in [0.3, 0.4) is 0 Å². The molecule has 0 atom stereocenters. The van der Waals surface area contributed by atoms with E-state index in [0.29, 0.717) is 51.8 Å². The zero-order chi connectivity index (χ0) is 25.9. The maximum atomic E-state index is 13.2. The van der Waals surface area contributed by atoms with Crippen LogP contribution >= 0.6 is 46.1 Å². The van der Waals surface area contributed by atoms with Gasteiger partial charge in [0.1, 0.15) is 4.88 Å². The average molecular weight is 571 g/mol. The van der Waals surface area contributed by atoms with Crippen LogP contribution in [0, 0.1) is 0 Å². The van der Waals surface area contributed by atoms with Crippen LogP contribution in [0.25, 0.3) is 16.2 Å². The minimum absolute atomic E-state index is 0.0207. The predicted molar refractivity (Wildman–Crippen MR) is 156 cm³/mol. The van der Waals surface area contributed by atoms with Crippen molar-refractivity contribution in [3.8, 4) is 0 Å². The number of thiophene rings is 1. The third kappa shape index (κ3) is 5.78. The fourth-order valence-corrected chi connectivity index (χ4v) is 6.11. The molecule has 37 heavy (non-hydrogen) atoms. The van der Waals surface area contributed by atoms with E-state index in [9.17, 15) is 9.59 Å². The van der Waals surface area contributed by atoms with Crippen molar-refractivity contribution in [2.24, 2.45) is 0 Å². The number of anilines is 2. The molecular formula is C28H22Cl3N3O2S. The summed E-state index contributed by atoms with van der Waals surface area (Å²) in [6, 6.07) is 20.5. The third-order valence-electron chi connectivity index (χ3n) is 6.15. The molecule has 0 radical (unpaired) electrons. The van der Waals surface area contributed by atoms with E-state index in [1.807, 2.05) is 53.4 Å². The van der Waals surface area contributed by atoms with Crippen molar-refractivity contribution >= 4 is 85.5 Å². The lowest BCUT2D eigenvalue weighted by molar-refractivity contribution is -0.126. The van der Waals surface area contributed by atoms with Gasteiger partial charge in [0, 0.05) is 52.4 Å². The van der Waals surface area contributed by atoms with Crippen LogP contribution < -0.4 is 10.2 Å². The second-order valence-electron chi connectivity index (χ2n) is 8.56. The number of carbonyl (C=O) groups excluding carboxylic acids is 2. The van der Waals surface area contributed by atoms with E-state index in [4.69, 9.17) is 34.8 Å². The summed E-state index contributed by atoms with van der Waals surface area (Å²) >= 11 is 20.2. The lowest BCUT2D eigenvalue weighted by atomic mass is 10.2. The number of benzene rings is 3. The van der Waals surface area contributed by atoms with Gasteiger partial charge >= 0.3 is 0 Å². The number of rotatable bonds is 5. The van der Waals surface area contributed by atoms with Gasteiger partial charge in [-0.3, -0.25) is 9.59 Å². The van der Waals surface area contributed by atoms with Gasteiger partial charge in [-0.1, -0.05) is 71.2 Å². The first-order valence-electron chi connectivity index (χ1n) is 11.6. The summed E-state index contributed by atoms with van der Waals surface area (Å²) in [4.78, 5) is 30.3. The first-order valence-corrected chi connectivity index (χ1v) is 13.6. The summed E-state index contributed by atoms with van der Waals surface area (Å²) in [5.41, 5.74) is 2.41. The lowest BCUT2D eigenvalue weighted by Crippen LogP contribution is -2.48. The standard InChI is InChI=1S/C28H22Cl3N3O2S/c29-19-8-10-23(33-12-14-34(15-13-33)25(35)11-6-18-4-2-1-3-5-18)22(16-19)32-28(36)27-26(31)21-9-7-20(30)17-24(21)37-27/h1-11,16-17H,12-15H2,(H,32,36)/b11-6+. The van der Waals surface area contributed by atoms with Crippen LogP contribution in [-0.2, 0) is 4.79 Å². The van der Waals surface area contributed by atoms with Gasteiger partial charge in [0.25, 0.3) is 5.91 Å². The van der Waals surface area contributed by atoms with Gasteiger partial charge in [-0.2, -0.15) is 0 Å². The van der Waals surface area contributed by atoms with E-state index >= 15 is 0 Å². The van der Waals surface area contributed by atoms with Crippen molar-refractivity contribution in [1.82, 2.24) is 4.90 Å². The number of fused-ring (bicyclic) bond motifs is 1. The SMILES string of the molecule is O=C(Nc1cc(Cl)ccc1N1CCN(C(=O)/C=C/c2ccccc2)CC1)c1sc2cc(Cl)ccc2c1Cl. The zero-order valence-corrected chi connectivity index (χ0v) is 22.7. The van der Waals surface area contributed by atoms with E-state index < -0.39 is 0 Å². The van der Waals surface area contributed by atoms with Crippen LogP contribution in [-0.4, -0.2) is 42.9 Å². The molecule has 0 saturated carbocycles. The molecule has 4 aromatic rings. The molecule has 0 unspecified atom stereocenters. The molecule has 0 aliphatic carbocycles. The number of piperazine rings is 1. The molecule has 1 fully saturated rings. The lowest BCUT2D eigenvalue weighted by Gasteiger charge is -2.36. The van der Waals surface area contributed by atoms with Gasteiger partial charge in [-0.05, 0) is 42.0 Å². The highest BCUT2D eigenvalue weighted by molar-refractivity contribution is 7.21. The first kappa shape index (κ1) is 25.6. The maximum absolute atomic E-state index is 13.2. The Hall–Kier alpha value is -3.03. The van der Waals surface area contributed by atoms with E-state index in [-0.39, 0.29) is 11.8 Å². The Morgan fingerprint density at radius 1 is 0.865 bits per heavy atom. The van der Waals surface area contributed by atoms with Gasteiger partial charge in [-0.25, -0.2) is 0 Å². The van der Waals surface area contributed by atoms with E-state index in [0.717, 1.165) is 21.3 Å². The molecule has 1 aliphatic heterocycles. The number of nitrogens with zero attached hydrogens (tertiary/aromatic N) is 2. The van der Waals surface area contributed by atoms with Crippen LogP contribution in [0.5, 0.6) is 0 Å². The molecule has 5 nitrogen and oxygen atoms in total. The summed E-state index contributed by atoms with van der Waals surface area (Å²) in [6.45, 7) is 2.38. The molecule has 1 saturated heterocycles. The fourth-order valence-electron chi connectivity index (χ4n) is 4.25. The molecule has 0 bridgehead atoms. The summed E-state index contributed by atoms with van der Waals surface area (Å²) in [5.74, 6) is -0.335. The smallest absolute Gasteiger partial charge is 0.267 e. The van der Waals surface area contributed by atoms with Gasteiger partial charge in [0.05, 0.1) is 16.4 Å². The molecule has 5 rings (SSSR count). The quantitative estimate of drug-likeness (QED) is 0.253. The monoisotopic (exact) mass is 569 g/mol. The molecule has 188 valence electrons. The van der Waals surface area contributed by atoms with Crippen LogP contribution in [0.15, 0.2) is 72.8 Å². The fraction of sp³-hybridized carbons (Fsp3) is 0.143. The Kier molecular flexibility index (Phi) is 7.72. The minimum atomic E-state index is -0.314. The molecule has 2 heterocycles. The van der Waals surface area contributed by atoms with Gasteiger partial charge in [0.2, 0.25) is 5.91 Å². The topological polar surface area (TPSA) is 52.7 Å². The Morgan fingerprint density at radius 3 is 2.32 bits per heavy atom. The third-order valence-corrected chi connectivity index (χ3v) is 8.28. The van der Waals surface area contributed by atoms with Crippen molar-refractivity contribution in [1.29, 1.82) is 0 Å². The first-order chi connectivity index (χ1) is 17.9. The van der Waals surface area contributed by atoms with Gasteiger partial charge in [-0.15, -0.1) is 11.3 Å². The number of nitrogens with one attached hydrogen (secondary N) is 1. The number of amides is 2. The van der Waals surface area contributed by atoms with Crippen LogP contribution in [0.1, 0.15) is 15.2 Å². The average Bonchev–Trinajstić information content (AvgIpc) is 3.23. The Labute approximate surface area is 233 Å². The van der Waals surface area contributed by atoms with Crippen molar-refractivity contribution in [3.63, 3.8) is 0 Å². The largest absolute Gasteiger partial charge is 0.366 e. The molecule has 2 amide bonds. The summed E-state index contributed by atoms with van der Waals surface area (Å²) in [7, 11) is 0. The molecule has 0 spiro atoms. The molecule has 1 aliphatic rings. The molecule has 1 aromatic heterocycles. The van der Waals surface area contributed by atoms with E-state index in [1.54, 1.807) is 30.3 Å². The highest BCUT2D eigenvalue weighted by Crippen LogP contribution is 2.38. The molecule has 3 aromatic carbocycles. The maximum Gasteiger partial charge on any atom is 0.267 e. The number of hydrogen-bond donors (Lipinski definition) is 1. The summed E-state index contributed by atoms with van der Waals surface area (Å²) < 4.78 is 0.844. The Morgan fingerprint density at radius 2 is 1.57 bits per heavy atom. The summed E-state index contributed by atoms with van der Waals surface area (Å²) in [6.07, 6.45) is 3.44. The highest BCUT2D eigenvalue weighted by atomic mass is 35.5. The van der Waals surface area contributed by atoms with Crippen LogP contribution in [0.4, 0.5) is 11.4 Å². The summed E-state index contributed by atoms with van der Waals surface area (Å²) in [5, 5.41) is 5.27. The zero-order valence-electron chi connectivity index (χ0n) is 19.6. The van der Waals surface area contributed by atoms with E-state index in [2.05, 4.69) is 10.2 Å². The van der Waals surface area contributed by atoms with Crippen molar-refractivity contribution in [3.05, 3.63) is 98.3 Å². The second kappa shape index (κ2) is 11.2. The van der Waals surface area contributed by atoms with Gasteiger partial charge < -0.3 is 15.1 Å². The number of hydrogen-bond acceptors (Lipinski definition) is 4. The van der Waals surface area contributed by atoms with Crippen molar-refractivity contribution in [2.45, 2.75) is 0 Å². The van der Waals surface area contributed by atoms with E-state index in [1.165, 1.54) is 11.3 Å². The highest BCUT2D eigenvalue weighted by Gasteiger charge is 2.24. The Balaban J connectivity index is 1.29. The predicted octanol–water partition coefficient (Wildman–Crippen LogP) is 7.48. The van der Waals surface area contributed by atoms with Crippen LogP contribution in [0.2, 0.25) is 15.1 Å². The van der Waals surface area contributed by atoms with Crippen molar-refractivity contribution < 1.29 is 9.59 Å². The van der Waals surface area contributed by atoms with Crippen molar-refractivity contribution in [2.75, 3.05) is 36.4 Å². The second-order valence-corrected chi connectivity index (χ2v) is 10.9. The Bertz CT molecular complexity index is 1500. The number of carbonyl (C=O) groups is 2.